The molecule has 1 aromatic rings. The largest absolute Gasteiger partial charge is 0.481 e. The summed E-state index contributed by atoms with van der Waals surface area (Å²) in [5, 5.41) is 9.72. The van der Waals surface area contributed by atoms with Crippen molar-refractivity contribution in [1.29, 1.82) is 0 Å². The van der Waals surface area contributed by atoms with Crippen molar-refractivity contribution in [2.45, 2.75) is 70.9 Å². The van der Waals surface area contributed by atoms with E-state index in [0.29, 0.717) is 18.4 Å². The van der Waals surface area contributed by atoms with E-state index in [1.165, 1.54) is 0 Å². The molecule has 2 saturated heterocycles. The van der Waals surface area contributed by atoms with Crippen LogP contribution < -0.4 is 0 Å². The van der Waals surface area contributed by atoms with Crippen LogP contribution in [0.5, 0.6) is 0 Å². The highest BCUT2D eigenvalue weighted by molar-refractivity contribution is 5.89. The summed E-state index contributed by atoms with van der Waals surface area (Å²) in [6, 6.07) is 8.73. The molecule has 2 heterocycles. The molecule has 28 heavy (non-hydrogen) atoms. The number of fused-ring (bicyclic) bond motifs is 1. The van der Waals surface area contributed by atoms with E-state index in [2.05, 4.69) is 0 Å². The van der Waals surface area contributed by atoms with E-state index in [9.17, 15) is 14.7 Å². The van der Waals surface area contributed by atoms with Crippen molar-refractivity contribution in [3.05, 3.63) is 35.9 Å². The minimum Gasteiger partial charge on any atom is -0.481 e. The molecule has 0 aliphatic carbocycles. The third kappa shape index (κ3) is 4.54. The third-order valence-electron chi connectivity index (χ3n) is 5.33. The molecule has 7 heteroatoms. The molecule has 2 aliphatic rings. The van der Waals surface area contributed by atoms with E-state index in [1.54, 1.807) is 31.2 Å². The lowest BCUT2D eigenvalue weighted by molar-refractivity contribution is -0.216. The first-order chi connectivity index (χ1) is 13.2. The molecule has 0 aromatic heterocycles. The monoisotopic (exact) mass is 392 g/mol. The average Bonchev–Trinajstić information content (AvgIpc) is 3.08. The number of hydrogen-bond donors (Lipinski definition) is 1. The van der Waals surface area contributed by atoms with Crippen LogP contribution in [-0.2, 0) is 23.7 Å². The molecule has 0 bridgehead atoms. The highest BCUT2D eigenvalue weighted by Gasteiger charge is 2.55. The first-order valence-electron chi connectivity index (χ1n) is 9.68. The Bertz CT molecular complexity index is 702. The van der Waals surface area contributed by atoms with Gasteiger partial charge in [0.25, 0.3) is 0 Å². The van der Waals surface area contributed by atoms with Crippen molar-refractivity contribution in [1.82, 2.24) is 0 Å². The van der Waals surface area contributed by atoms with Gasteiger partial charge >= 0.3 is 11.9 Å². The number of aliphatic carboxylic acids is 1. The van der Waals surface area contributed by atoms with Crippen molar-refractivity contribution in [2.75, 3.05) is 0 Å². The number of carbonyl (C=O) groups is 2. The molecule has 1 aromatic carbocycles. The summed E-state index contributed by atoms with van der Waals surface area (Å²) in [6.45, 7) is 7.32. The topological polar surface area (TPSA) is 91.3 Å². The molecule has 1 unspecified atom stereocenters. The predicted octanol–water partition coefficient (Wildman–Crippen LogP) is 3.23. The molecule has 0 amide bonds. The number of benzene rings is 1. The Morgan fingerprint density at radius 1 is 1.18 bits per heavy atom. The van der Waals surface area contributed by atoms with Crippen LogP contribution in [0.2, 0.25) is 0 Å². The second-order valence-electron chi connectivity index (χ2n) is 8.03. The molecule has 2 fully saturated rings. The maximum absolute atomic E-state index is 12.1. The molecule has 7 nitrogen and oxygen atoms in total. The zero-order valence-electron chi connectivity index (χ0n) is 16.7. The van der Waals surface area contributed by atoms with Crippen LogP contribution in [0, 0.1) is 11.8 Å². The summed E-state index contributed by atoms with van der Waals surface area (Å²) >= 11 is 0. The minimum absolute atomic E-state index is 0.116. The van der Waals surface area contributed by atoms with E-state index < -0.39 is 42.1 Å². The lowest BCUT2D eigenvalue weighted by Crippen LogP contribution is -2.36. The molecular weight excluding hydrogens is 364 g/mol. The molecule has 0 saturated carbocycles. The Hall–Kier alpha value is -1.96. The van der Waals surface area contributed by atoms with Gasteiger partial charge in [0.05, 0.1) is 23.7 Å². The van der Waals surface area contributed by atoms with E-state index in [-0.39, 0.29) is 12.0 Å². The molecule has 3 rings (SSSR count). The van der Waals surface area contributed by atoms with Crippen LogP contribution in [0.25, 0.3) is 0 Å². The van der Waals surface area contributed by atoms with Gasteiger partial charge in [0.15, 0.2) is 12.1 Å². The van der Waals surface area contributed by atoms with E-state index in [1.807, 2.05) is 26.8 Å². The third-order valence-corrected chi connectivity index (χ3v) is 5.33. The Labute approximate surface area is 164 Å². The number of ether oxygens (including phenoxy) is 4. The standard InChI is InChI=1S/C21H28O7/c1-12(25-19(24)14-8-6-5-7-9-14)10-11-15(18(22)23)16-13(2)17-20(26-16)28-21(3,4)27-17/h5-9,12-13,15-17,20H,10-11H2,1-4H3,(H,22,23)/t12?,13-,15+,16-,17-,20-/m1/s1. The lowest BCUT2D eigenvalue weighted by atomic mass is 9.87. The molecule has 0 radical (unpaired) electrons. The highest BCUT2D eigenvalue weighted by Crippen LogP contribution is 2.43. The molecule has 1 N–H and O–H groups in total. The lowest BCUT2D eigenvalue weighted by Gasteiger charge is -2.27. The van der Waals surface area contributed by atoms with E-state index >= 15 is 0 Å². The van der Waals surface area contributed by atoms with Gasteiger partial charge in [-0.05, 0) is 45.7 Å². The molecule has 2 aliphatic heterocycles. The number of hydrogen-bond acceptors (Lipinski definition) is 6. The minimum atomic E-state index is -0.933. The summed E-state index contributed by atoms with van der Waals surface area (Å²) in [7, 11) is 0. The maximum atomic E-state index is 12.1. The average molecular weight is 392 g/mol. The normalized spacial score (nSPS) is 30.4. The molecule has 6 atom stereocenters. The van der Waals surface area contributed by atoms with E-state index in [0.717, 1.165) is 0 Å². The van der Waals surface area contributed by atoms with Gasteiger partial charge in [-0.25, -0.2) is 4.79 Å². The molecule has 0 spiro atoms. The van der Waals surface area contributed by atoms with Crippen molar-refractivity contribution < 1.29 is 33.6 Å². The second-order valence-corrected chi connectivity index (χ2v) is 8.03. The van der Waals surface area contributed by atoms with Crippen molar-refractivity contribution >= 4 is 11.9 Å². The second kappa shape index (κ2) is 8.19. The van der Waals surface area contributed by atoms with Gasteiger partial charge in [0.2, 0.25) is 0 Å². The summed E-state index contributed by atoms with van der Waals surface area (Å²) < 4.78 is 22.9. The summed E-state index contributed by atoms with van der Waals surface area (Å²) in [6.07, 6.45) is -1.00. The predicted molar refractivity (Wildman–Crippen MR) is 99.5 cm³/mol. The zero-order valence-corrected chi connectivity index (χ0v) is 16.7. The van der Waals surface area contributed by atoms with Crippen LogP contribution in [0.3, 0.4) is 0 Å². The fourth-order valence-electron chi connectivity index (χ4n) is 3.87. The van der Waals surface area contributed by atoms with Gasteiger partial charge in [0, 0.05) is 5.92 Å². The Balaban J connectivity index is 1.56. The summed E-state index contributed by atoms with van der Waals surface area (Å²) in [5.74, 6) is -2.92. The Morgan fingerprint density at radius 3 is 2.46 bits per heavy atom. The fraction of sp³-hybridized carbons (Fsp3) is 0.619. The Morgan fingerprint density at radius 2 is 1.86 bits per heavy atom. The van der Waals surface area contributed by atoms with Gasteiger partial charge in [-0.2, -0.15) is 0 Å². The summed E-state index contributed by atoms with van der Waals surface area (Å²) in [4.78, 5) is 24.0. The first kappa shape index (κ1) is 20.8. The molecular formula is C21H28O7. The quantitative estimate of drug-likeness (QED) is 0.712. The number of carbonyl (C=O) groups excluding carboxylic acids is 1. The van der Waals surface area contributed by atoms with Crippen LogP contribution >= 0.6 is 0 Å². The Kier molecular flexibility index (Phi) is 6.07. The van der Waals surface area contributed by atoms with Crippen molar-refractivity contribution in [3.8, 4) is 0 Å². The molecule has 154 valence electrons. The highest BCUT2D eigenvalue weighted by atomic mass is 16.8. The van der Waals surface area contributed by atoms with Crippen molar-refractivity contribution in [2.24, 2.45) is 11.8 Å². The number of carboxylic acid groups (broad SMARTS) is 1. The van der Waals surface area contributed by atoms with Crippen LogP contribution in [0.1, 0.15) is 50.9 Å². The first-order valence-corrected chi connectivity index (χ1v) is 9.68. The SMILES string of the molecule is CC(CC[C@H](C(=O)O)[C@@H]1O[C@@H]2OC(C)(C)O[C@@H]2[C@@H]1C)OC(=O)c1ccccc1. The van der Waals surface area contributed by atoms with Crippen LogP contribution in [-0.4, -0.2) is 47.4 Å². The van der Waals surface area contributed by atoms with Gasteiger partial charge in [-0.15, -0.1) is 0 Å². The maximum Gasteiger partial charge on any atom is 0.338 e. The van der Waals surface area contributed by atoms with Gasteiger partial charge in [-0.1, -0.05) is 25.1 Å². The van der Waals surface area contributed by atoms with Crippen LogP contribution in [0.4, 0.5) is 0 Å². The van der Waals surface area contributed by atoms with Gasteiger partial charge < -0.3 is 24.1 Å². The smallest absolute Gasteiger partial charge is 0.338 e. The van der Waals surface area contributed by atoms with E-state index in [4.69, 9.17) is 18.9 Å². The fourth-order valence-corrected chi connectivity index (χ4v) is 3.87. The van der Waals surface area contributed by atoms with Crippen LogP contribution in [0.15, 0.2) is 30.3 Å². The number of rotatable bonds is 7. The zero-order chi connectivity index (χ0) is 20.5. The van der Waals surface area contributed by atoms with Gasteiger partial charge in [-0.3, -0.25) is 4.79 Å². The number of esters is 1. The van der Waals surface area contributed by atoms with Crippen molar-refractivity contribution in [3.63, 3.8) is 0 Å². The van der Waals surface area contributed by atoms with Gasteiger partial charge in [0.1, 0.15) is 6.10 Å². The number of carboxylic acids is 1. The summed E-state index contributed by atoms with van der Waals surface area (Å²) in [5.41, 5.74) is 0.474.